The highest BCUT2D eigenvalue weighted by molar-refractivity contribution is 5.91. The number of hydrogen-bond donors (Lipinski definition) is 1. The van der Waals surface area contributed by atoms with Gasteiger partial charge in [0.1, 0.15) is 0 Å². The summed E-state index contributed by atoms with van der Waals surface area (Å²) in [5.41, 5.74) is 1.57. The number of pyridine rings is 1. The van der Waals surface area contributed by atoms with Crippen LogP contribution < -0.4 is 5.32 Å². The van der Waals surface area contributed by atoms with Gasteiger partial charge in [0.15, 0.2) is 5.76 Å². The molecule has 26 heavy (non-hydrogen) atoms. The Morgan fingerprint density at radius 1 is 1.12 bits per heavy atom. The first-order chi connectivity index (χ1) is 12.8. The van der Waals surface area contributed by atoms with Gasteiger partial charge in [0.05, 0.1) is 17.7 Å². The van der Waals surface area contributed by atoms with Gasteiger partial charge in [0.25, 0.3) is 5.91 Å². The zero-order chi connectivity index (χ0) is 17.8. The number of nitrogens with zero attached hydrogens (tertiary/aromatic N) is 4. The Morgan fingerprint density at radius 3 is 2.88 bits per heavy atom. The van der Waals surface area contributed by atoms with Gasteiger partial charge in [0.2, 0.25) is 5.95 Å². The fourth-order valence-corrected chi connectivity index (χ4v) is 3.10. The molecule has 1 aliphatic heterocycles. The molecule has 1 fully saturated rings. The van der Waals surface area contributed by atoms with Crippen LogP contribution in [0.5, 0.6) is 0 Å². The van der Waals surface area contributed by atoms with Gasteiger partial charge in [-0.05, 0) is 43.2 Å². The van der Waals surface area contributed by atoms with Gasteiger partial charge in [-0.15, -0.1) is 0 Å². The van der Waals surface area contributed by atoms with Crippen molar-refractivity contribution in [1.82, 2.24) is 19.9 Å². The molecular weight excluding hydrogens is 330 g/mol. The highest BCUT2D eigenvalue weighted by atomic mass is 16.3. The largest absolute Gasteiger partial charge is 0.459 e. The SMILES string of the molecule is O=C(c1ccco1)N1CCCC(Nc2nccc(-c3ccccn3)n2)C1. The number of likely N-dealkylation sites (tertiary alicyclic amines) is 1. The number of aromatic nitrogens is 3. The minimum Gasteiger partial charge on any atom is -0.459 e. The van der Waals surface area contributed by atoms with Crippen molar-refractivity contribution in [2.45, 2.75) is 18.9 Å². The number of carbonyl (C=O) groups excluding carboxylic acids is 1. The molecule has 7 heteroatoms. The van der Waals surface area contributed by atoms with Crippen LogP contribution in [0.15, 0.2) is 59.5 Å². The second kappa shape index (κ2) is 7.35. The lowest BCUT2D eigenvalue weighted by Gasteiger charge is -2.32. The molecule has 4 rings (SSSR count). The maximum atomic E-state index is 12.5. The van der Waals surface area contributed by atoms with Crippen LogP contribution in [0.1, 0.15) is 23.4 Å². The summed E-state index contributed by atoms with van der Waals surface area (Å²) in [6.45, 7) is 1.32. The first kappa shape index (κ1) is 16.3. The van der Waals surface area contributed by atoms with Crippen LogP contribution in [0.25, 0.3) is 11.4 Å². The van der Waals surface area contributed by atoms with E-state index in [0.29, 0.717) is 18.3 Å². The molecule has 1 atom stereocenters. The summed E-state index contributed by atoms with van der Waals surface area (Å²) in [4.78, 5) is 27.4. The average Bonchev–Trinajstić information content (AvgIpc) is 3.23. The standard InChI is InChI=1S/C19H19N5O2/c25-18(17-7-4-12-26-17)24-11-3-5-14(13-24)22-19-21-10-8-16(23-19)15-6-1-2-9-20-15/h1-2,4,6-10,12,14H,3,5,11,13H2,(H,21,22,23). The summed E-state index contributed by atoms with van der Waals surface area (Å²) >= 11 is 0. The molecule has 1 unspecified atom stereocenters. The van der Waals surface area contributed by atoms with Crippen LogP contribution >= 0.6 is 0 Å². The fraction of sp³-hybridized carbons (Fsp3) is 0.263. The van der Waals surface area contributed by atoms with E-state index in [-0.39, 0.29) is 11.9 Å². The van der Waals surface area contributed by atoms with Crippen molar-refractivity contribution in [1.29, 1.82) is 0 Å². The molecule has 1 saturated heterocycles. The Hall–Kier alpha value is -3.22. The second-order valence-corrected chi connectivity index (χ2v) is 6.19. The highest BCUT2D eigenvalue weighted by Crippen LogP contribution is 2.18. The second-order valence-electron chi connectivity index (χ2n) is 6.19. The number of carbonyl (C=O) groups is 1. The van der Waals surface area contributed by atoms with Crippen molar-refractivity contribution < 1.29 is 9.21 Å². The van der Waals surface area contributed by atoms with Crippen LogP contribution in [-0.2, 0) is 0 Å². The highest BCUT2D eigenvalue weighted by Gasteiger charge is 2.26. The van der Waals surface area contributed by atoms with Gasteiger partial charge >= 0.3 is 0 Å². The van der Waals surface area contributed by atoms with Crippen LogP contribution in [0.3, 0.4) is 0 Å². The molecule has 0 saturated carbocycles. The van der Waals surface area contributed by atoms with Crippen molar-refractivity contribution >= 4 is 11.9 Å². The van der Waals surface area contributed by atoms with Gasteiger partial charge in [-0.1, -0.05) is 6.07 Å². The molecule has 0 aromatic carbocycles. The van der Waals surface area contributed by atoms with E-state index >= 15 is 0 Å². The number of anilines is 1. The number of rotatable bonds is 4. The summed E-state index contributed by atoms with van der Waals surface area (Å²) in [6, 6.07) is 11.1. The molecule has 7 nitrogen and oxygen atoms in total. The molecule has 4 heterocycles. The maximum absolute atomic E-state index is 12.5. The van der Waals surface area contributed by atoms with Gasteiger partial charge in [-0.25, -0.2) is 9.97 Å². The van der Waals surface area contributed by atoms with Crippen molar-refractivity contribution in [2.75, 3.05) is 18.4 Å². The van der Waals surface area contributed by atoms with Crippen LogP contribution in [0.2, 0.25) is 0 Å². The third kappa shape index (κ3) is 3.56. The molecule has 3 aromatic heterocycles. The smallest absolute Gasteiger partial charge is 0.289 e. The topological polar surface area (TPSA) is 84.2 Å². The number of piperidine rings is 1. The summed E-state index contributed by atoms with van der Waals surface area (Å²) in [6.07, 6.45) is 6.85. The Balaban J connectivity index is 1.45. The molecule has 0 spiro atoms. The zero-order valence-electron chi connectivity index (χ0n) is 14.2. The summed E-state index contributed by atoms with van der Waals surface area (Å²) in [5.74, 6) is 0.842. The van der Waals surface area contributed by atoms with E-state index in [2.05, 4.69) is 20.3 Å². The van der Waals surface area contributed by atoms with E-state index in [0.717, 1.165) is 30.8 Å². The molecule has 0 bridgehead atoms. The molecular formula is C19H19N5O2. The summed E-state index contributed by atoms with van der Waals surface area (Å²) in [5, 5.41) is 3.35. The third-order valence-electron chi connectivity index (χ3n) is 4.36. The van der Waals surface area contributed by atoms with E-state index in [4.69, 9.17) is 4.42 Å². The van der Waals surface area contributed by atoms with Crippen LogP contribution in [0, 0.1) is 0 Å². The Morgan fingerprint density at radius 2 is 2.08 bits per heavy atom. The molecule has 0 aliphatic carbocycles. The number of hydrogen-bond acceptors (Lipinski definition) is 6. The monoisotopic (exact) mass is 349 g/mol. The quantitative estimate of drug-likeness (QED) is 0.780. The van der Waals surface area contributed by atoms with Crippen LogP contribution in [-0.4, -0.2) is 44.9 Å². The van der Waals surface area contributed by atoms with Crippen molar-refractivity contribution in [3.05, 3.63) is 60.8 Å². The summed E-state index contributed by atoms with van der Waals surface area (Å²) < 4.78 is 5.22. The van der Waals surface area contributed by atoms with Crippen molar-refractivity contribution in [3.63, 3.8) is 0 Å². The Labute approximate surface area is 151 Å². The van der Waals surface area contributed by atoms with E-state index in [9.17, 15) is 4.79 Å². The first-order valence-electron chi connectivity index (χ1n) is 8.63. The number of nitrogens with one attached hydrogen (secondary N) is 1. The van der Waals surface area contributed by atoms with E-state index in [1.54, 1.807) is 24.5 Å². The lowest BCUT2D eigenvalue weighted by atomic mass is 10.1. The lowest BCUT2D eigenvalue weighted by molar-refractivity contribution is 0.0682. The van der Waals surface area contributed by atoms with Gasteiger partial charge < -0.3 is 14.6 Å². The molecule has 1 N–H and O–H groups in total. The van der Waals surface area contributed by atoms with E-state index < -0.39 is 0 Å². The lowest BCUT2D eigenvalue weighted by Crippen LogP contribution is -2.45. The third-order valence-corrected chi connectivity index (χ3v) is 4.36. The minimum absolute atomic E-state index is 0.0790. The average molecular weight is 349 g/mol. The Bertz CT molecular complexity index is 867. The predicted molar refractivity (Wildman–Crippen MR) is 96.5 cm³/mol. The predicted octanol–water partition coefficient (Wildman–Crippen LogP) is 2.85. The molecule has 0 radical (unpaired) electrons. The molecule has 1 amide bonds. The summed E-state index contributed by atoms with van der Waals surface area (Å²) in [7, 11) is 0. The van der Waals surface area contributed by atoms with Crippen molar-refractivity contribution in [3.8, 4) is 11.4 Å². The molecule has 132 valence electrons. The van der Waals surface area contributed by atoms with E-state index in [1.165, 1.54) is 6.26 Å². The van der Waals surface area contributed by atoms with Crippen molar-refractivity contribution in [2.24, 2.45) is 0 Å². The first-order valence-corrected chi connectivity index (χ1v) is 8.63. The zero-order valence-corrected chi connectivity index (χ0v) is 14.2. The number of furan rings is 1. The maximum Gasteiger partial charge on any atom is 0.289 e. The van der Waals surface area contributed by atoms with Gasteiger partial charge in [0, 0.05) is 31.5 Å². The molecule has 1 aliphatic rings. The molecule has 3 aromatic rings. The fourth-order valence-electron chi connectivity index (χ4n) is 3.10. The van der Waals surface area contributed by atoms with Crippen LogP contribution in [0.4, 0.5) is 5.95 Å². The van der Waals surface area contributed by atoms with Gasteiger partial charge in [-0.2, -0.15) is 0 Å². The Kier molecular flexibility index (Phi) is 4.59. The number of amides is 1. The normalized spacial score (nSPS) is 17.1. The van der Waals surface area contributed by atoms with E-state index in [1.807, 2.05) is 29.2 Å². The minimum atomic E-state index is -0.0790. The van der Waals surface area contributed by atoms with Gasteiger partial charge in [-0.3, -0.25) is 9.78 Å².